The molecule has 0 spiro atoms. The van der Waals surface area contributed by atoms with E-state index in [-0.39, 0.29) is 29.4 Å². The third-order valence-corrected chi connectivity index (χ3v) is 6.83. The van der Waals surface area contributed by atoms with E-state index in [0.717, 1.165) is 6.42 Å². The van der Waals surface area contributed by atoms with Crippen LogP contribution in [-0.4, -0.2) is 43.8 Å². The van der Waals surface area contributed by atoms with Crippen molar-refractivity contribution in [1.29, 1.82) is 0 Å². The maximum atomic E-state index is 12.6. The van der Waals surface area contributed by atoms with Crippen LogP contribution >= 0.6 is 0 Å². The van der Waals surface area contributed by atoms with Gasteiger partial charge in [-0.2, -0.15) is 0 Å². The van der Waals surface area contributed by atoms with Crippen LogP contribution in [0, 0.1) is 12.8 Å². The van der Waals surface area contributed by atoms with E-state index in [1.807, 2.05) is 19.2 Å². The predicted octanol–water partition coefficient (Wildman–Crippen LogP) is 2.13. The lowest BCUT2D eigenvalue weighted by Gasteiger charge is -2.31. The molecule has 1 saturated carbocycles. The van der Waals surface area contributed by atoms with E-state index in [0.29, 0.717) is 18.8 Å². The molecule has 1 aromatic carbocycles. The molecule has 2 fully saturated rings. The average Bonchev–Trinajstić information content (AvgIpc) is 3.26. The Kier molecular flexibility index (Phi) is 4.02. The smallest absolute Gasteiger partial charge is 0.226 e. The lowest BCUT2D eigenvalue weighted by molar-refractivity contribution is -0.133. The standard InChI is InChI=1S/C17H23NO3S/c1-12-5-3-4-6-14(12)15-11-16(15)17(19)18(2)13-7-9-22(20,21)10-8-13/h3-6,13,15-16H,7-11H2,1-2H3/t15-,16-/m1/s1. The molecule has 1 aliphatic carbocycles. The van der Waals surface area contributed by atoms with Crippen molar-refractivity contribution in [2.45, 2.75) is 38.1 Å². The number of hydrogen-bond acceptors (Lipinski definition) is 3. The minimum atomic E-state index is -2.88. The van der Waals surface area contributed by atoms with E-state index < -0.39 is 9.84 Å². The van der Waals surface area contributed by atoms with Gasteiger partial charge in [-0.05, 0) is 43.2 Å². The summed E-state index contributed by atoms with van der Waals surface area (Å²) in [4.78, 5) is 14.4. The Balaban J connectivity index is 1.63. The Morgan fingerprint density at radius 2 is 1.82 bits per heavy atom. The molecule has 22 heavy (non-hydrogen) atoms. The van der Waals surface area contributed by atoms with Gasteiger partial charge < -0.3 is 4.90 Å². The van der Waals surface area contributed by atoms with Crippen LogP contribution in [0.25, 0.3) is 0 Å². The number of aryl methyl sites for hydroxylation is 1. The summed E-state index contributed by atoms with van der Waals surface area (Å²) < 4.78 is 23.0. The third-order valence-electron chi connectivity index (χ3n) is 5.12. The number of carbonyl (C=O) groups is 1. The van der Waals surface area contributed by atoms with Gasteiger partial charge >= 0.3 is 0 Å². The highest BCUT2D eigenvalue weighted by Gasteiger charge is 2.46. The molecule has 120 valence electrons. The van der Waals surface area contributed by atoms with Crippen molar-refractivity contribution < 1.29 is 13.2 Å². The Hall–Kier alpha value is -1.36. The lowest BCUT2D eigenvalue weighted by atomic mass is 10.0. The van der Waals surface area contributed by atoms with Gasteiger partial charge in [-0.15, -0.1) is 0 Å². The first-order valence-corrected chi connectivity index (χ1v) is 9.74. The van der Waals surface area contributed by atoms with Crippen LogP contribution in [0.4, 0.5) is 0 Å². The van der Waals surface area contributed by atoms with Gasteiger partial charge in [0.25, 0.3) is 0 Å². The molecule has 5 heteroatoms. The number of hydrogen-bond donors (Lipinski definition) is 0. The van der Waals surface area contributed by atoms with E-state index in [1.54, 1.807) is 4.90 Å². The van der Waals surface area contributed by atoms with E-state index in [2.05, 4.69) is 19.1 Å². The van der Waals surface area contributed by atoms with Crippen molar-refractivity contribution in [3.8, 4) is 0 Å². The molecule has 1 heterocycles. The maximum Gasteiger partial charge on any atom is 0.226 e. The van der Waals surface area contributed by atoms with E-state index >= 15 is 0 Å². The summed E-state index contributed by atoms with van der Waals surface area (Å²) in [5.74, 6) is 1.01. The van der Waals surface area contributed by atoms with E-state index in [9.17, 15) is 13.2 Å². The Morgan fingerprint density at radius 3 is 2.45 bits per heavy atom. The maximum absolute atomic E-state index is 12.6. The fraction of sp³-hybridized carbons (Fsp3) is 0.588. The van der Waals surface area contributed by atoms with Gasteiger partial charge in [0.2, 0.25) is 5.91 Å². The van der Waals surface area contributed by atoms with Gasteiger partial charge in [-0.3, -0.25) is 4.79 Å². The molecule has 1 amide bonds. The summed E-state index contributed by atoms with van der Waals surface area (Å²) in [5.41, 5.74) is 2.52. The zero-order chi connectivity index (χ0) is 15.9. The van der Waals surface area contributed by atoms with Crippen molar-refractivity contribution in [2.75, 3.05) is 18.6 Å². The largest absolute Gasteiger partial charge is 0.342 e. The van der Waals surface area contributed by atoms with Crippen LogP contribution in [0.1, 0.15) is 36.3 Å². The highest BCUT2D eigenvalue weighted by atomic mass is 32.2. The van der Waals surface area contributed by atoms with Gasteiger partial charge in [0, 0.05) is 19.0 Å². The number of rotatable bonds is 3. The molecule has 1 saturated heterocycles. The summed E-state index contributed by atoms with van der Waals surface area (Å²) >= 11 is 0. The minimum Gasteiger partial charge on any atom is -0.342 e. The number of nitrogens with zero attached hydrogens (tertiary/aromatic N) is 1. The molecule has 3 rings (SSSR count). The second-order valence-corrected chi connectivity index (χ2v) is 8.94. The van der Waals surface area contributed by atoms with Crippen molar-refractivity contribution in [3.63, 3.8) is 0 Å². The molecular formula is C17H23NO3S. The summed E-state index contributed by atoms with van der Waals surface area (Å²) in [6.45, 7) is 2.09. The fourth-order valence-corrected chi connectivity index (χ4v) is 4.99. The molecule has 1 aromatic rings. The summed E-state index contributed by atoms with van der Waals surface area (Å²) in [5, 5.41) is 0. The van der Waals surface area contributed by atoms with Crippen LogP contribution in [-0.2, 0) is 14.6 Å². The molecule has 0 radical (unpaired) electrons. The lowest BCUT2D eigenvalue weighted by Crippen LogP contribution is -2.43. The SMILES string of the molecule is Cc1ccccc1[C@H]1C[C@H]1C(=O)N(C)C1CCS(=O)(=O)CC1. The Morgan fingerprint density at radius 1 is 1.18 bits per heavy atom. The monoisotopic (exact) mass is 321 g/mol. The summed E-state index contributed by atoms with van der Waals surface area (Å²) in [6.07, 6.45) is 2.07. The van der Waals surface area contributed by atoms with Crippen LogP contribution in [0.2, 0.25) is 0 Å². The topological polar surface area (TPSA) is 54.5 Å². The summed E-state index contributed by atoms with van der Waals surface area (Å²) in [7, 11) is -1.05. The van der Waals surface area contributed by atoms with Crippen LogP contribution < -0.4 is 0 Å². The highest BCUT2D eigenvalue weighted by molar-refractivity contribution is 7.91. The van der Waals surface area contributed by atoms with Gasteiger partial charge in [-0.1, -0.05) is 24.3 Å². The fourth-order valence-electron chi connectivity index (χ4n) is 3.52. The van der Waals surface area contributed by atoms with E-state index in [1.165, 1.54) is 11.1 Å². The number of amides is 1. The van der Waals surface area contributed by atoms with Gasteiger partial charge in [0.1, 0.15) is 9.84 Å². The van der Waals surface area contributed by atoms with Crippen molar-refractivity contribution in [1.82, 2.24) is 4.90 Å². The Labute approximate surface area is 132 Å². The van der Waals surface area contributed by atoms with Crippen molar-refractivity contribution >= 4 is 15.7 Å². The summed E-state index contributed by atoms with van der Waals surface area (Å²) in [6, 6.07) is 8.32. The zero-order valence-corrected chi connectivity index (χ0v) is 14.0. The average molecular weight is 321 g/mol. The molecule has 0 unspecified atom stereocenters. The van der Waals surface area contributed by atoms with Crippen molar-refractivity contribution in [2.24, 2.45) is 5.92 Å². The first-order chi connectivity index (χ1) is 10.4. The second-order valence-electron chi connectivity index (χ2n) is 6.64. The normalized spacial score (nSPS) is 27.4. The highest BCUT2D eigenvalue weighted by Crippen LogP contribution is 2.49. The second kappa shape index (κ2) is 5.69. The molecule has 0 aromatic heterocycles. The number of carbonyl (C=O) groups excluding carboxylic acids is 1. The molecule has 0 bridgehead atoms. The number of sulfone groups is 1. The first-order valence-electron chi connectivity index (χ1n) is 7.91. The van der Waals surface area contributed by atoms with Gasteiger partial charge in [0.05, 0.1) is 11.5 Å². The van der Waals surface area contributed by atoms with Gasteiger partial charge in [0.15, 0.2) is 0 Å². The van der Waals surface area contributed by atoms with Crippen LogP contribution in [0.5, 0.6) is 0 Å². The third kappa shape index (κ3) is 3.05. The Bertz CT molecular complexity index is 669. The molecule has 2 atom stereocenters. The molecule has 4 nitrogen and oxygen atoms in total. The van der Waals surface area contributed by atoms with Crippen LogP contribution in [0.15, 0.2) is 24.3 Å². The predicted molar refractivity (Wildman–Crippen MR) is 86.5 cm³/mol. The first kappa shape index (κ1) is 15.5. The molecule has 2 aliphatic rings. The molecule has 1 aliphatic heterocycles. The molecular weight excluding hydrogens is 298 g/mol. The molecule has 0 N–H and O–H groups in total. The number of benzene rings is 1. The van der Waals surface area contributed by atoms with Crippen LogP contribution in [0.3, 0.4) is 0 Å². The van der Waals surface area contributed by atoms with E-state index in [4.69, 9.17) is 0 Å². The minimum absolute atomic E-state index is 0.0737. The quantitative estimate of drug-likeness (QED) is 0.857. The zero-order valence-electron chi connectivity index (χ0n) is 13.2. The van der Waals surface area contributed by atoms with Crippen molar-refractivity contribution in [3.05, 3.63) is 35.4 Å². The van der Waals surface area contributed by atoms with Gasteiger partial charge in [-0.25, -0.2) is 8.42 Å².